The van der Waals surface area contributed by atoms with Gasteiger partial charge in [0.2, 0.25) is 11.8 Å². The molecule has 0 aliphatic heterocycles. The molecule has 1 heterocycles. The van der Waals surface area contributed by atoms with Gasteiger partial charge in [0.1, 0.15) is 12.7 Å². The molecule has 0 spiro atoms. The normalized spacial score (nSPS) is 11.9. The van der Waals surface area contributed by atoms with Gasteiger partial charge in [-0.15, -0.1) is 0 Å². The standard InChI is InChI=1S/C11H19N5O2/c1-3-4-10(17)13-5-11(18)15-9(2)6-16-8-12-7-14-16/h7-9H,3-6H2,1-2H3,(H,13,17)(H,15,18). The van der Waals surface area contributed by atoms with Crippen LogP contribution in [0.2, 0.25) is 0 Å². The van der Waals surface area contributed by atoms with Crippen molar-refractivity contribution in [3.05, 3.63) is 12.7 Å². The summed E-state index contributed by atoms with van der Waals surface area (Å²) in [6.07, 6.45) is 4.25. The van der Waals surface area contributed by atoms with Crippen molar-refractivity contribution in [1.82, 2.24) is 25.4 Å². The summed E-state index contributed by atoms with van der Waals surface area (Å²) in [5.74, 6) is -0.302. The zero-order valence-electron chi connectivity index (χ0n) is 10.7. The van der Waals surface area contributed by atoms with E-state index in [0.29, 0.717) is 13.0 Å². The van der Waals surface area contributed by atoms with Crippen LogP contribution in [0, 0.1) is 0 Å². The molecule has 1 unspecified atom stereocenters. The van der Waals surface area contributed by atoms with E-state index in [9.17, 15) is 9.59 Å². The van der Waals surface area contributed by atoms with Crippen LogP contribution in [-0.4, -0.2) is 39.2 Å². The first kappa shape index (κ1) is 14.1. The fourth-order valence-corrected chi connectivity index (χ4v) is 1.47. The third-order valence-electron chi connectivity index (χ3n) is 2.26. The van der Waals surface area contributed by atoms with E-state index in [1.165, 1.54) is 6.33 Å². The van der Waals surface area contributed by atoms with E-state index < -0.39 is 0 Å². The Morgan fingerprint density at radius 2 is 2.17 bits per heavy atom. The lowest BCUT2D eigenvalue weighted by molar-refractivity contribution is -0.126. The Morgan fingerprint density at radius 1 is 1.39 bits per heavy atom. The highest BCUT2D eigenvalue weighted by Gasteiger charge is 2.09. The van der Waals surface area contributed by atoms with Crippen LogP contribution in [0.5, 0.6) is 0 Å². The summed E-state index contributed by atoms with van der Waals surface area (Å²) >= 11 is 0. The van der Waals surface area contributed by atoms with Crippen molar-refractivity contribution < 1.29 is 9.59 Å². The molecule has 0 fully saturated rings. The summed E-state index contributed by atoms with van der Waals surface area (Å²) < 4.78 is 1.64. The Hall–Kier alpha value is -1.92. The van der Waals surface area contributed by atoms with Gasteiger partial charge < -0.3 is 10.6 Å². The lowest BCUT2D eigenvalue weighted by Crippen LogP contribution is -2.42. The van der Waals surface area contributed by atoms with Crippen molar-refractivity contribution in [2.45, 2.75) is 39.3 Å². The number of aromatic nitrogens is 3. The summed E-state index contributed by atoms with van der Waals surface area (Å²) in [4.78, 5) is 26.5. The van der Waals surface area contributed by atoms with E-state index in [2.05, 4.69) is 20.7 Å². The first-order valence-electron chi connectivity index (χ1n) is 6.00. The molecule has 2 N–H and O–H groups in total. The Morgan fingerprint density at radius 3 is 2.78 bits per heavy atom. The predicted octanol–water partition coefficient (Wildman–Crippen LogP) is -0.301. The summed E-state index contributed by atoms with van der Waals surface area (Å²) in [6, 6.07) is -0.0673. The Bertz CT molecular complexity index is 377. The molecule has 7 heteroatoms. The van der Waals surface area contributed by atoms with E-state index in [1.807, 2.05) is 13.8 Å². The number of hydrogen-bond donors (Lipinski definition) is 2. The number of hydrogen-bond acceptors (Lipinski definition) is 4. The van der Waals surface area contributed by atoms with Gasteiger partial charge in [-0.2, -0.15) is 5.10 Å². The maximum Gasteiger partial charge on any atom is 0.239 e. The lowest BCUT2D eigenvalue weighted by Gasteiger charge is -2.13. The molecule has 1 aromatic rings. The molecule has 1 rings (SSSR count). The van der Waals surface area contributed by atoms with Crippen LogP contribution < -0.4 is 10.6 Å². The third kappa shape index (κ3) is 5.42. The topological polar surface area (TPSA) is 88.9 Å². The van der Waals surface area contributed by atoms with Crippen molar-refractivity contribution in [3.8, 4) is 0 Å². The van der Waals surface area contributed by atoms with Crippen LogP contribution >= 0.6 is 0 Å². The van der Waals surface area contributed by atoms with Crippen LogP contribution in [0.1, 0.15) is 26.7 Å². The van der Waals surface area contributed by atoms with Gasteiger partial charge in [0, 0.05) is 12.5 Å². The van der Waals surface area contributed by atoms with Crippen molar-refractivity contribution in [2.75, 3.05) is 6.54 Å². The Kier molecular flexibility index (Phi) is 5.83. The number of nitrogens with one attached hydrogen (secondary N) is 2. The highest BCUT2D eigenvalue weighted by atomic mass is 16.2. The van der Waals surface area contributed by atoms with Crippen LogP contribution in [-0.2, 0) is 16.1 Å². The lowest BCUT2D eigenvalue weighted by atomic mass is 10.3. The molecular formula is C11H19N5O2. The van der Waals surface area contributed by atoms with Gasteiger partial charge in [-0.1, -0.05) is 6.92 Å². The van der Waals surface area contributed by atoms with Gasteiger partial charge in [-0.25, -0.2) is 4.98 Å². The predicted molar refractivity (Wildman–Crippen MR) is 65.5 cm³/mol. The van der Waals surface area contributed by atoms with Gasteiger partial charge >= 0.3 is 0 Å². The fraction of sp³-hybridized carbons (Fsp3) is 0.636. The van der Waals surface area contributed by atoms with Crippen LogP contribution in [0.15, 0.2) is 12.7 Å². The second-order valence-electron chi connectivity index (χ2n) is 4.11. The van der Waals surface area contributed by atoms with Crippen molar-refractivity contribution in [1.29, 1.82) is 0 Å². The van der Waals surface area contributed by atoms with E-state index in [-0.39, 0.29) is 24.4 Å². The number of rotatable bonds is 7. The number of nitrogens with zero attached hydrogens (tertiary/aromatic N) is 3. The van der Waals surface area contributed by atoms with E-state index in [0.717, 1.165) is 6.42 Å². The van der Waals surface area contributed by atoms with Gasteiger partial charge in [0.15, 0.2) is 0 Å². The molecule has 2 amide bonds. The first-order chi connectivity index (χ1) is 8.61. The SMILES string of the molecule is CCCC(=O)NCC(=O)NC(C)Cn1cncn1. The average molecular weight is 253 g/mol. The van der Waals surface area contributed by atoms with Crippen LogP contribution in [0.4, 0.5) is 0 Å². The van der Waals surface area contributed by atoms with Crippen molar-refractivity contribution in [3.63, 3.8) is 0 Å². The van der Waals surface area contributed by atoms with Crippen molar-refractivity contribution in [2.24, 2.45) is 0 Å². The smallest absolute Gasteiger partial charge is 0.239 e. The van der Waals surface area contributed by atoms with Gasteiger partial charge in [0.05, 0.1) is 13.1 Å². The monoisotopic (exact) mass is 253 g/mol. The number of amides is 2. The Balaban J connectivity index is 2.21. The number of carbonyl (C=O) groups excluding carboxylic acids is 2. The summed E-state index contributed by atoms with van der Waals surface area (Å²) in [7, 11) is 0. The summed E-state index contributed by atoms with van der Waals surface area (Å²) in [5.41, 5.74) is 0. The van der Waals surface area contributed by atoms with E-state index in [4.69, 9.17) is 0 Å². The minimum absolute atomic E-state index is 0.0144. The minimum Gasteiger partial charge on any atom is -0.350 e. The van der Waals surface area contributed by atoms with Crippen LogP contribution in [0.25, 0.3) is 0 Å². The molecule has 0 saturated carbocycles. The molecule has 7 nitrogen and oxygen atoms in total. The highest BCUT2D eigenvalue weighted by Crippen LogP contribution is 1.89. The number of carbonyl (C=O) groups is 2. The van der Waals surface area contributed by atoms with Crippen molar-refractivity contribution >= 4 is 11.8 Å². The minimum atomic E-state index is -0.202. The Labute approximate surface area is 106 Å². The second-order valence-corrected chi connectivity index (χ2v) is 4.11. The molecule has 1 aromatic heterocycles. The molecule has 0 aromatic carbocycles. The average Bonchev–Trinajstić information content (AvgIpc) is 2.79. The highest BCUT2D eigenvalue weighted by molar-refractivity contribution is 5.84. The molecule has 100 valence electrons. The summed E-state index contributed by atoms with van der Waals surface area (Å²) in [5, 5.41) is 9.28. The molecule has 0 aliphatic rings. The first-order valence-corrected chi connectivity index (χ1v) is 6.00. The van der Waals surface area contributed by atoms with E-state index >= 15 is 0 Å². The second kappa shape index (κ2) is 7.41. The quantitative estimate of drug-likeness (QED) is 0.698. The molecular weight excluding hydrogens is 234 g/mol. The largest absolute Gasteiger partial charge is 0.350 e. The molecule has 1 atom stereocenters. The molecule has 0 aliphatic carbocycles. The third-order valence-corrected chi connectivity index (χ3v) is 2.26. The molecule has 0 saturated heterocycles. The van der Waals surface area contributed by atoms with Gasteiger partial charge in [-0.05, 0) is 13.3 Å². The zero-order chi connectivity index (χ0) is 13.4. The van der Waals surface area contributed by atoms with E-state index in [1.54, 1.807) is 11.0 Å². The van der Waals surface area contributed by atoms with Crippen LogP contribution in [0.3, 0.4) is 0 Å². The maximum atomic E-state index is 11.5. The van der Waals surface area contributed by atoms with Gasteiger partial charge in [0.25, 0.3) is 0 Å². The molecule has 18 heavy (non-hydrogen) atoms. The molecule has 0 bridgehead atoms. The molecule has 0 radical (unpaired) electrons. The summed E-state index contributed by atoms with van der Waals surface area (Å²) in [6.45, 7) is 4.35. The fourth-order valence-electron chi connectivity index (χ4n) is 1.47. The maximum absolute atomic E-state index is 11.5. The van der Waals surface area contributed by atoms with Gasteiger partial charge in [-0.3, -0.25) is 14.3 Å². The zero-order valence-corrected chi connectivity index (χ0v) is 10.7.